The molecule has 2 aromatic rings. The van der Waals surface area contributed by atoms with Crippen LogP contribution < -0.4 is 4.74 Å². The Morgan fingerprint density at radius 1 is 1.05 bits per heavy atom. The Morgan fingerprint density at radius 3 is 2.58 bits per heavy atom. The van der Waals surface area contributed by atoms with Crippen LogP contribution in [0.2, 0.25) is 0 Å². The number of rotatable bonds is 5. The van der Waals surface area contributed by atoms with Gasteiger partial charge in [-0.1, -0.05) is 38.1 Å². The second-order valence-electron chi connectivity index (χ2n) is 4.38. The van der Waals surface area contributed by atoms with Gasteiger partial charge in [-0.25, -0.2) is 0 Å². The van der Waals surface area contributed by atoms with Gasteiger partial charge in [0.15, 0.2) is 5.78 Å². The number of carbonyl (C=O) groups is 1. The minimum absolute atomic E-state index is 0.0993. The summed E-state index contributed by atoms with van der Waals surface area (Å²) in [5, 5.41) is 0. The molecule has 2 nitrogen and oxygen atoms in total. The third kappa shape index (κ3) is 3.22. The van der Waals surface area contributed by atoms with Gasteiger partial charge in [0.25, 0.3) is 0 Å². The van der Waals surface area contributed by atoms with Gasteiger partial charge in [-0.15, -0.1) is 0 Å². The molecular formula is C17H18O2. The Bertz CT molecular complexity index is 573. The number of para-hydroxylation sites is 1. The van der Waals surface area contributed by atoms with Gasteiger partial charge in [0.05, 0.1) is 5.56 Å². The van der Waals surface area contributed by atoms with Crippen LogP contribution in [0, 0.1) is 0 Å². The zero-order valence-corrected chi connectivity index (χ0v) is 11.3. The number of hydrogen-bond acceptors (Lipinski definition) is 2. The predicted octanol–water partition coefficient (Wildman–Crippen LogP) is 4.63. The average molecular weight is 254 g/mol. The van der Waals surface area contributed by atoms with Crippen LogP contribution in [0.4, 0.5) is 0 Å². The Labute approximate surface area is 114 Å². The topological polar surface area (TPSA) is 26.3 Å². The number of hydrogen-bond donors (Lipinski definition) is 0. The van der Waals surface area contributed by atoms with Crippen LogP contribution in [0.3, 0.4) is 0 Å². The molecule has 0 N–H and O–H groups in total. The molecule has 0 saturated carbocycles. The zero-order valence-electron chi connectivity index (χ0n) is 11.3. The van der Waals surface area contributed by atoms with E-state index in [0.29, 0.717) is 17.7 Å². The van der Waals surface area contributed by atoms with Gasteiger partial charge in [0, 0.05) is 6.42 Å². The maximum absolute atomic E-state index is 11.9. The van der Waals surface area contributed by atoms with E-state index in [2.05, 4.69) is 13.0 Å². The lowest BCUT2D eigenvalue weighted by Gasteiger charge is -2.10. The van der Waals surface area contributed by atoms with Crippen molar-refractivity contribution in [2.75, 3.05) is 0 Å². The predicted molar refractivity (Wildman–Crippen MR) is 77.0 cm³/mol. The van der Waals surface area contributed by atoms with Gasteiger partial charge in [-0.05, 0) is 36.2 Å². The van der Waals surface area contributed by atoms with Crippen LogP contribution in [0.25, 0.3) is 0 Å². The standard InChI is InChI=1S/C17H18O2/c1-3-13-8-7-9-14(12-13)19-17-11-6-5-10-15(17)16(18)4-2/h5-12H,3-4H2,1-2H3. The van der Waals surface area contributed by atoms with Crippen molar-refractivity contribution in [2.45, 2.75) is 26.7 Å². The lowest BCUT2D eigenvalue weighted by molar-refractivity contribution is 0.0986. The van der Waals surface area contributed by atoms with Crippen LogP contribution in [-0.2, 0) is 6.42 Å². The number of aryl methyl sites for hydroxylation is 1. The van der Waals surface area contributed by atoms with Gasteiger partial charge in [-0.3, -0.25) is 4.79 Å². The molecule has 0 radical (unpaired) electrons. The summed E-state index contributed by atoms with van der Waals surface area (Å²) in [6.45, 7) is 3.96. The highest BCUT2D eigenvalue weighted by Gasteiger charge is 2.10. The monoisotopic (exact) mass is 254 g/mol. The van der Waals surface area contributed by atoms with Crippen molar-refractivity contribution < 1.29 is 9.53 Å². The van der Waals surface area contributed by atoms with E-state index in [1.807, 2.05) is 49.4 Å². The fraction of sp³-hybridized carbons (Fsp3) is 0.235. The summed E-state index contributed by atoms with van der Waals surface area (Å²) in [5.41, 5.74) is 1.86. The summed E-state index contributed by atoms with van der Waals surface area (Å²) in [6.07, 6.45) is 1.45. The number of benzene rings is 2. The first-order chi connectivity index (χ1) is 9.24. The molecule has 2 heteroatoms. The summed E-state index contributed by atoms with van der Waals surface area (Å²) >= 11 is 0. The molecular weight excluding hydrogens is 236 g/mol. The van der Waals surface area contributed by atoms with Crippen molar-refractivity contribution in [3.05, 3.63) is 59.7 Å². The molecule has 0 aliphatic carbocycles. The second kappa shape index (κ2) is 6.19. The molecule has 2 rings (SSSR count). The normalized spacial score (nSPS) is 10.2. The van der Waals surface area contributed by atoms with E-state index in [0.717, 1.165) is 12.2 Å². The van der Waals surface area contributed by atoms with E-state index in [1.54, 1.807) is 0 Å². The van der Waals surface area contributed by atoms with E-state index in [4.69, 9.17) is 4.74 Å². The third-order valence-electron chi connectivity index (χ3n) is 3.04. The van der Waals surface area contributed by atoms with Crippen LogP contribution >= 0.6 is 0 Å². The molecule has 98 valence electrons. The lowest BCUT2D eigenvalue weighted by Crippen LogP contribution is -1.99. The summed E-state index contributed by atoms with van der Waals surface area (Å²) in [6, 6.07) is 15.3. The van der Waals surface area contributed by atoms with Gasteiger partial charge >= 0.3 is 0 Å². The molecule has 2 aromatic carbocycles. The molecule has 0 saturated heterocycles. The van der Waals surface area contributed by atoms with Crippen LogP contribution in [0.5, 0.6) is 11.5 Å². The maximum atomic E-state index is 11.9. The van der Waals surface area contributed by atoms with Crippen LogP contribution in [0.15, 0.2) is 48.5 Å². The molecule has 0 heterocycles. The summed E-state index contributed by atoms with van der Waals surface area (Å²) in [7, 11) is 0. The van der Waals surface area contributed by atoms with Crippen molar-refractivity contribution in [3.63, 3.8) is 0 Å². The SMILES string of the molecule is CCC(=O)c1ccccc1Oc1cccc(CC)c1. The molecule has 0 spiro atoms. The van der Waals surface area contributed by atoms with Gasteiger partial charge in [0.1, 0.15) is 11.5 Å². The number of Topliss-reactive ketones (excluding diaryl/α,β-unsaturated/α-hetero) is 1. The first-order valence-electron chi connectivity index (χ1n) is 6.63. The van der Waals surface area contributed by atoms with Crippen LogP contribution in [0.1, 0.15) is 36.2 Å². The van der Waals surface area contributed by atoms with E-state index in [1.165, 1.54) is 5.56 Å². The number of carbonyl (C=O) groups excluding carboxylic acids is 1. The zero-order chi connectivity index (χ0) is 13.7. The highest BCUT2D eigenvalue weighted by atomic mass is 16.5. The molecule has 0 aliphatic rings. The van der Waals surface area contributed by atoms with E-state index < -0.39 is 0 Å². The van der Waals surface area contributed by atoms with Crippen molar-refractivity contribution in [3.8, 4) is 11.5 Å². The van der Waals surface area contributed by atoms with Gasteiger partial charge < -0.3 is 4.74 Å². The quantitative estimate of drug-likeness (QED) is 0.727. The molecule has 19 heavy (non-hydrogen) atoms. The molecule has 0 unspecified atom stereocenters. The first kappa shape index (κ1) is 13.3. The molecule has 0 bridgehead atoms. The Morgan fingerprint density at radius 2 is 1.84 bits per heavy atom. The lowest BCUT2D eigenvalue weighted by atomic mass is 10.1. The minimum Gasteiger partial charge on any atom is -0.457 e. The Balaban J connectivity index is 2.30. The molecule has 0 amide bonds. The summed E-state index contributed by atoms with van der Waals surface area (Å²) in [4.78, 5) is 11.9. The largest absolute Gasteiger partial charge is 0.457 e. The van der Waals surface area contributed by atoms with E-state index in [9.17, 15) is 4.79 Å². The average Bonchev–Trinajstić information content (AvgIpc) is 2.47. The maximum Gasteiger partial charge on any atom is 0.166 e. The van der Waals surface area contributed by atoms with Crippen molar-refractivity contribution in [1.29, 1.82) is 0 Å². The van der Waals surface area contributed by atoms with Crippen molar-refractivity contribution in [2.24, 2.45) is 0 Å². The highest BCUT2D eigenvalue weighted by Crippen LogP contribution is 2.26. The van der Waals surface area contributed by atoms with Crippen molar-refractivity contribution >= 4 is 5.78 Å². The summed E-state index contributed by atoms with van der Waals surface area (Å²) < 4.78 is 5.85. The molecule has 0 aromatic heterocycles. The number of ether oxygens (including phenoxy) is 1. The number of ketones is 1. The van der Waals surface area contributed by atoms with Gasteiger partial charge in [0.2, 0.25) is 0 Å². The van der Waals surface area contributed by atoms with Crippen LogP contribution in [-0.4, -0.2) is 5.78 Å². The fourth-order valence-electron chi connectivity index (χ4n) is 1.93. The first-order valence-corrected chi connectivity index (χ1v) is 6.63. The smallest absolute Gasteiger partial charge is 0.166 e. The van der Waals surface area contributed by atoms with Gasteiger partial charge in [-0.2, -0.15) is 0 Å². The molecule has 0 atom stereocenters. The Kier molecular flexibility index (Phi) is 4.35. The third-order valence-corrected chi connectivity index (χ3v) is 3.04. The van der Waals surface area contributed by atoms with E-state index >= 15 is 0 Å². The molecule has 0 aliphatic heterocycles. The highest BCUT2D eigenvalue weighted by molar-refractivity contribution is 5.98. The molecule has 0 fully saturated rings. The van der Waals surface area contributed by atoms with Crippen molar-refractivity contribution in [1.82, 2.24) is 0 Å². The minimum atomic E-state index is 0.0993. The summed E-state index contributed by atoms with van der Waals surface area (Å²) in [5.74, 6) is 1.50. The second-order valence-corrected chi connectivity index (χ2v) is 4.38. The Hall–Kier alpha value is -2.09. The van der Waals surface area contributed by atoms with E-state index in [-0.39, 0.29) is 5.78 Å². The fourth-order valence-corrected chi connectivity index (χ4v) is 1.93.